The Balaban J connectivity index is 1.61. The minimum absolute atomic E-state index is 0.0725. The lowest BCUT2D eigenvalue weighted by molar-refractivity contribution is 0.100. The van der Waals surface area contributed by atoms with E-state index in [-0.39, 0.29) is 5.56 Å². The van der Waals surface area contributed by atoms with E-state index in [2.05, 4.69) is 20.7 Å². The van der Waals surface area contributed by atoms with E-state index in [0.717, 1.165) is 41.7 Å². The van der Waals surface area contributed by atoms with Crippen molar-refractivity contribution in [1.82, 2.24) is 25.1 Å². The number of carbonyl (C=O) groups is 1. The van der Waals surface area contributed by atoms with Crippen LogP contribution in [0.5, 0.6) is 0 Å². The molecule has 0 aliphatic carbocycles. The Kier molecular flexibility index (Phi) is 4.79. The van der Waals surface area contributed by atoms with Gasteiger partial charge in [-0.15, -0.1) is 0 Å². The summed E-state index contributed by atoms with van der Waals surface area (Å²) in [5.41, 5.74) is 8.91. The molecule has 3 heterocycles. The predicted octanol–water partition coefficient (Wildman–Crippen LogP) is 2.31. The third kappa shape index (κ3) is 3.59. The highest BCUT2D eigenvalue weighted by Gasteiger charge is 2.21. The standard InChI is InChI=1S/C22H20FN7O/c23-14-8-16(20(24)31)17-11-27-30(19(17)9-14)22-28-18-12-25-7-6-15(18)21(29-22)26-10-13-4-2-1-3-5-13/h1-5,8-9,11,25H,6-7,10,12H2,(H2,24,31)(H,26,28,29). The van der Waals surface area contributed by atoms with Gasteiger partial charge >= 0.3 is 0 Å². The second kappa shape index (κ2) is 7.77. The molecule has 1 aliphatic rings. The summed E-state index contributed by atoms with van der Waals surface area (Å²) in [5.74, 6) is -0.274. The molecule has 0 fully saturated rings. The van der Waals surface area contributed by atoms with Gasteiger partial charge in [-0.3, -0.25) is 4.79 Å². The summed E-state index contributed by atoms with van der Waals surface area (Å²) in [6.45, 7) is 2.05. The molecule has 9 heteroatoms. The van der Waals surface area contributed by atoms with Gasteiger partial charge < -0.3 is 16.4 Å². The first-order valence-corrected chi connectivity index (χ1v) is 9.96. The van der Waals surface area contributed by atoms with Crippen molar-refractivity contribution >= 4 is 22.6 Å². The fourth-order valence-corrected chi connectivity index (χ4v) is 3.82. The van der Waals surface area contributed by atoms with Gasteiger partial charge in [-0.1, -0.05) is 30.3 Å². The SMILES string of the molecule is NC(=O)c1cc(F)cc2c1cnn2-c1nc2c(c(NCc3ccccc3)n1)CCNC2. The van der Waals surface area contributed by atoms with E-state index in [1.54, 1.807) is 0 Å². The predicted molar refractivity (Wildman–Crippen MR) is 114 cm³/mol. The topological polar surface area (TPSA) is 111 Å². The minimum Gasteiger partial charge on any atom is -0.366 e. The number of amides is 1. The van der Waals surface area contributed by atoms with Crippen molar-refractivity contribution < 1.29 is 9.18 Å². The van der Waals surface area contributed by atoms with Crippen molar-refractivity contribution in [3.8, 4) is 5.95 Å². The number of nitrogens with zero attached hydrogens (tertiary/aromatic N) is 4. The van der Waals surface area contributed by atoms with Crippen molar-refractivity contribution in [2.45, 2.75) is 19.5 Å². The average Bonchev–Trinajstić information content (AvgIpc) is 3.21. The summed E-state index contributed by atoms with van der Waals surface area (Å²) in [6, 6.07) is 12.4. The lowest BCUT2D eigenvalue weighted by Crippen LogP contribution is -2.27. The maximum absolute atomic E-state index is 14.2. The minimum atomic E-state index is -0.718. The first-order chi connectivity index (χ1) is 15.1. The van der Waals surface area contributed by atoms with Crippen LogP contribution >= 0.6 is 0 Å². The molecule has 156 valence electrons. The fraction of sp³-hybridized carbons (Fsp3) is 0.182. The van der Waals surface area contributed by atoms with E-state index in [1.807, 2.05) is 30.3 Å². The molecule has 2 aromatic carbocycles. The zero-order chi connectivity index (χ0) is 21.4. The van der Waals surface area contributed by atoms with Crippen LogP contribution in [0.15, 0.2) is 48.7 Å². The number of nitrogens with two attached hydrogens (primary N) is 1. The molecule has 0 radical (unpaired) electrons. The largest absolute Gasteiger partial charge is 0.366 e. The number of hydrogen-bond donors (Lipinski definition) is 3. The normalized spacial score (nSPS) is 13.2. The van der Waals surface area contributed by atoms with Crippen LogP contribution in [0.3, 0.4) is 0 Å². The van der Waals surface area contributed by atoms with Crippen LogP contribution in [-0.4, -0.2) is 32.2 Å². The van der Waals surface area contributed by atoms with Crippen LogP contribution < -0.4 is 16.4 Å². The lowest BCUT2D eigenvalue weighted by Gasteiger charge is -2.20. The van der Waals surface area contributed by atoms with Gasteiger partial charge in [0.15, 0.2) is 0 Å². The highest BCUT2D eigenvalue weighted by atomic mass is 19.1. The van der Waals surface area contributed by atoms with Gasteiger partial charge in [-0.05, 0) is 24.6 Å². The molecule has 1 amide bonds. The summed E-state index contributed by atoms with van der Waals surface area (Å²) in [4.78, 5) is 21.1. The van der Waals surface area contributed by atoms with E-state index in [1.165, 1.54) is 16.9 Å². The molecule has 31 heavy (non-hydrogen) atoms. The van der Waals surface area contributed by atoms with E-state index in [0.29, 0.717) is 29.9 Å². The lowest BCUT2D eigenvalue weighted by atomic mass is 10.1. The van der Waals surface area contributed by atoms with Crippen LogP contribution in [0.2, 0.25) is 0 Å². The van der Waals surface area contributed by atoms with E-state index in [4.69, 9.17) is 10.7 Å². The summed E-state index contributed by atoms with van der Waals surface area (Å²) in [6.07, 6.45) is 2.28. The van der Waals surface area contributed by atoms with Crippen molar-refractivity contribution in [2.75, 3.05) is 11.9 Å². The Morgan fingerprint density at radius 3 is 2.87 bits per heavy atom. The third-order valence-electron chi connectivity index (χ3n) is 5.34. The Labute approximate surface area is 177 Å². The third-order valence-corrected chi connectivity index (χ3v) is 5.34. The first kappa shape index (κ1) is 19.1. The van der Waals surface area contributed by atoms with E-state index in [9.17, 15) is 9.18 Å². The summed E-state index contributed by atoms with van der Waals surface area (Å²) in [7, 11) is 0. The van der Waals surface area contributed by atoms with Crippen molar-refractivity contribution in [3.05, 3.63) is 76.9 Å². The molecular weight excluding hydrogens is 397 g/mol. The fourth-order valence-electron chi connectivity index (χ4n) is 3.82. The number of nitrogens with one attached hydrogen (secondary N) is 2. The van der Waals surface area contributed by atoms with Crippen molar-refractivity contribution in [3.63, 3.8) is 0 Å². The van der Waals surface area contributed by atoms with Gasteiger partial charge in [0.05, 0.1) is 23.0 Å². The summed E-state index contributed by atoms with van der Waals surface area (Å²) in [5, 5.41) is 11.5. The molecule has 0 bridgehead atoms. The van der Waals surface area contributed by atoms with E-state index < -0.39 is 11.7 Å². The van der Waals surface area contributed by atoms with Crippen molar-refractivity contribution in [1.29, 1.82) is 0 Å². The molecular formula is C22H20FN7O. The zero-order valence-corrected chi connectivity index (χ0v) is 16.6. The monoisotopic (exact) mass is 417 g/mol. The van der Waals surface area contributed by atoms with Crippen molar-refractivity contribution in [2.24, 2.45) is 5.73 Å². The Bertz CT molecular complexity index is 1290. The number of aromatic nitrogens is 4. The highest BCUT2D eigenvalue weighted by Crippen LogP contribution is 2.26. The van der Waals surface area contributed by atoms with Crippen LogP contribution in [0, 0.1) is 5.82 Å². The molecule has 1 aliphatic heterocycles. The molecule has 0 unspecified atom stereocenters. The molecule has 2 aromatic heterocycles. The van der Waals surface area contributed by atoms with Gasteiger partial charge in [0.1, 0.15) is 11.6 Å². The maximum Gasteiger partial charge on any atom is 0.253 e. The number of benzene rings is 2. The van der Waals surface area contributed by atoms with Gasteiger partial charge in [0, 0.05) is 30.1 Å². The Hall–Kier alpha value is -3.85. The summed E-state index contributed by atoms with van der Waals surface area (Å²) >= 11 is 0. The number of halogens is 1. The van der Waals surface area contributed by atoms with Crippen LogP contribution in [0.4, 0.5) is 10.2 Å². The summed E-state index contributed by atoms with van der Waals surface area (Å²) < 4.78 is 15.6. The molecule has 4 aromatic rings. The second-order valence-electron chi connectivity index (χ2n) is 7.37. The van der Waals surface area contributed by atoms with Crippen LogP contribution in [-0.2, 0) is 19.5 Å². The number of anilines is 1. The first-order valence-electron chi connectivity index (χ1n) is 9.96. The number of carbonyl (C=O) groups excluding carboxylic acids is 1. The molecule has 4 N–H and O–H groups in total. The van der Waals surface area contributed by atoms with Gasteiger partial charge in [-0.25, -0.2) is 9.37 Å². The molecule has 0 saturated carbocycles. The number of hydrogen-bond acceptors (Lipinski definition) is 6. The molecule has 0 atom stereocenters. The quantitative estimate of drug-likeness (QED) is 0.460. The van der Waals surface area contributed by atoms with E-state index >= 15 is 0 Å². The molecule has 0 saturated heterocycles. The second-order valence-corrected chi connectivity index (χ2v) is 7.37. The zero-order valence-electron chi connectivity index (χ0n) is 16.6. The molecule has 0 spiro atoms. The van der Waals surface area contributed by atoms with Crippen LogP contribution in [0.1, 0.15) is 27.2 Å². The number of rotatable bonds is 5. The molecule has 8 nitrogen and oxygen atoms in total. The van der Waals surface area contributed by atoms with Gasteiger partial charge in [0.2, 0.25) is 5.91 Å². The maximum atomic E-state index is 14.2. The molecule has 5 rings (SSSR count). The Morgan fingerprint density at radius 2 is 2.06 bits per heavy atom. The van der Waals surface area contributed by atoms with Gasteiger partial charge in [0.25, 0.3) is 5.95 Å². The Morgan fingerprint density at radius 1 is 1.23 bits per heavy atom. The highest BCUT2D eigenvalue weighted by molar-refractivity contribution is 6.05. The number of primary amides is 1. The average molecular weight is 417 g/mol. The van der Waals surface area contributed by atoms with Gasteiger partial charge in [-0.2, -0.15) is 14.8 Å². The smallest absolute Gasteiger partial charge is 0.253 e. The number of fused-ring (bicyclic) bond motifs is 2. The van der Waals surface area contributed by atoms with Crippen LogP contribution in [0.25, 0.3) is 16.9 Å².